The normalized spacial score (nSPS) is 12.1. The molecule has 0 aliphatic rings. The minimum absolute atomic E-state index is 0.00545. The molecule has 0 aliphatic carbocycles. The van der Waals surface area contributed by atoms with Crippen molar-refractivity contribution in [3.63, 3.8) is 0 Å². The van der Waals surface area contributed by atoms with Crippen LogP contribution in [0.4, 0.5) is 0 Å². The van der Waals surface area contributed by atoms with Crippen LogP contribution in [0.1, 0.15) is 32.4 Å². The lowest BCUT2D eigenvalue weighted by Gasteiger charge is -2.17. The summed E-state index contributed by atoms with van der Waals surface area (Å²) >= 11 is 6.87. The highest BCUT2D eigenvalue weighted by molar-refractivity contribution is 7.71. The third kappa shape index (κ3) is 4.42. The summed E-state index contributed by atoms with van der Waals surface area (Å²) in [6, 6.07) is 7.07. The number of hydrogen-bond acceptors (Lipinski definition) is 6. The zero-order valence-electron chi connectivity index (χ0n) is 15.3. The van der Waals surface area contributed by atoms with Gasteiger partial charge in [-0.1, -0.05) is 12.1 Å². The summed E-state index contributed by atoms with van der Waals surface area (Å²) in [6.45, 7) is 5.99. The SMILES string of the molecule is CC(C)Oc1ncccc1CNC(=O)C(C)n1c(-c2cccs2)n[nH]c1=S. The van der Waals surface area contributed by atoms with Gasteiger partial charge in [-0.3, -0.25) is 14.5 Å². The van der Waals surface area contributed by atoms with Gasteiger partial charge in [0.05, 0.1) is 11.0 Å². The first-order chi connectivity index (χ1) is 13.0. The molecule has 1 unspecified atom stereocenters. The molecule has 9 heteroatoms. The number of carbonyl (C=O) groups is 1. The van der Waals surface area contributed by atoms with Gasteiger partial charge in [0.25, 0.3) is 0 Å². The first-order valence-corrected chi connectivity index (χ1v) is 9.85. The summed E-state index contributed by atoms with van der Waals surface area (Å²) in [5, 5.41) is 11.9. The number of aromatic nitrogens is 4. The van der Waals surface area contributed by atoms with Crippen LogP contribution < -0.4 is 10.1 Å². The second-order valence-corrected chi connectivity index (χ2v) is 7.56. The van der Waals surface area contributed by atoms with Crippen LogP contribution in [0, 0.1) is 4.77 Å². The number of aromatic amines is 1. The lowest BCUT2D eigenvalue weighted by Crippen LogP contribution is -2.31. The van der Waals surface area contributed by atoms with Gasteiger partial charge in [-0.2, -0.15) is 5.10 Å². The number of thiophene rings is 1. The Balaban J connectivity index is 1.75. The van der Waals surface area contributed by atoms with Crippen LogP contribution in [-0.4, -0.2) is 31.8 Å². The van der Waals surface area contributed by atoms with Crippen LogP contribution in [0.25, 0.3) is 10.7 Å². The van der Waals surface area contributed by atoms with E-state index >= 15 is 0 Å². The fraction of sp³-hybridized carbons (Fsp3) is 0.333. The second kappa shape index (κ2) is 8.45. The van der Waals surface area contributed by atoms with Crippen molar-refractivity contribution >= 4 is 29.5 Å². The van der Waals surface area contributed by atoms with E-state index in [1.54, 1.807) is 29.0 Å². The van der Waals surface area contributed by atoms with Gasteiger partial charge in [-0.25, -0.2) is 4.98 Å². The molecule has 0 saturated carbocycles. The molecule has 0 aromatic carbocycles. The zero-order chi connectivity index (χ0) is 19.4. The van der Waals surface area contributed by atoms with Crippen molar-refractivity contribution < 1.29 is 9.53 Å². The molecule has 0 aliphatic heterocycles. The highest BCUT2D eigenvalue weighted by atomic mass is 32.1. The van der Waals surface area contributed by atoms with Crippen LogP contribution >= 0.6 is 23.6 Å². The number of nitrogens with one attached hydrogen (secondary N) is 2. The molecule has 3 heterocycles. The standard InChI is InChI=1S/C18H21N5O2S2/c1-11(2)25-17-13(6-4-8-19-17)10-20-16(24)12(3)23-15(21-22-18(23)26)14-7-5-9-27-14/h4-9,11-12H,10H2,1-3H3,(H,20,24)(H,22,26). The van der Waals surface area contributed by atoms with Crippen LogP contribution in [0.3, 0.4) is 0 Å². The Kier molecular flexibility index (Phi) is 6.02. The predicted octanol–water partition coefficient (Wildman–Crippen LogP) is 3.73. The van der Waals surface area contributed by atoms with E-state index in [-0.39, 0.29) is 12.0 Å². The van der Waals surface area contributed by atoms with E-state index in [2.05, 4.69) is 20.5 Å². The monoisotopic (exact) mass is 403 g/mol. The Hall–Kier alpha value is -2.52. The lowest BCUT2D eigenvalue weighted by atomic mass is 10.2. The molecular weight excluding hydrogens is 382 g/mol. The van der Waals surface area contributed by atoms with Crippen LogP contribution in [0.5, 0.6) is 5.88 Å². The van der Waals surface area contributed by atoms with Gasteiger partial charge in [-0.05, 0) is 50.5 Å². The summed E-state index contributed by atoms with van der Waals surface area (Å²) in [5.74, 6) is 1.02. The van der Waals surface area contributed by atoms with Crippen molar-refractivity contribution in [2.75, 3.05) is 0 Å². The van der Waals surface area contributed by atoms with Crippen LogP contribution in [-0.2, 0) is 11.3 Å². The minimum Gasteiger partial charge on any atom is -0.475 e. The smallest absolute Gasteiger partial charge is 0.243 e. The van der Waals surface area contributed by atoms with Gasteiger partial charge in [0.2, 0.25) is 11.8 Å². The molecule has 3 rings (SSSR count). The Morgan fingerprint density at radius 3 is 2.89 bits per heavy atom. The molecule has 0 spiro atoms. The summed E-state index contributed by atoms with van der Waals surface area (Å²) in [5.41, 5.74) is 0.820. The van der Waals surface area contributed by atoms with Crippen molar-refractivity contribution in [3.05, 3.63) is 46.2 Å². The Morgan fingerprint density at radius 1 is 1.37 bits per heavy atom. The Morgan fingerprint density at radius 2 is 2.19 bits per heavy atom. The fourth-order valence-electron chi connectivity index (χ4n) is 2.58. The molecule has 142 valence electrons. The first kappa shape index (κ1) is 19.2. The molecule has 0 saturated heterocycles. The molecule has 1 amide bonds. The van der Waals surface area contributed by atoms with Crippen molar-refractivity contribution in [1.29, 1.82) is 0 Å². The number of nitrogens with zero attached hydrogens (tertiary/aromatic N) is 3. The Bertz CT molecular complexity index is 962. The molecule has 7 nitrogen and oxygen atoms in total. The van der Waals surface area contributed by atoms with E-state index in [0.29, 0.717) is 23.0 Å². The molecule has 1 atom stereocenters. The molecule has 3 aromatic rings. The molecule has 2 N–H and O–H groups in total. The molecule has 0 radical (unpaired) electrons. The van der Waals surface area contributed by atoms with Crippen molar-refractivity contribution in [3.8, 4) is 16.6 Å². The summed E-state index contributed by atoms with van der Waals surface area (Å²) in [4.78, 5) is 17.9. The van der Waals surface area contributed by atoms with Crippen molar-refractivity contribution in [2.24, 2.45) is 0 Å². The van der Waals surface area contributed by atoms with Gasteiger partial charge >= 0.3 is 0 Å². The maximum Gasteiger partial charge on any atom is 0.243 e. The molecule has 3 aromatic heterocycles. The maximum atomic E-state index is 12.7. The van der Waals surface area contributed by atoms with E-state index in [4.69, 9.17) is 17.0 Å². The predicted molar refractivity (Wildman–Crippen MR) is 107 cm³/mol. The molecular formula is C18H21N5O2S2. The average molecular weight is 404 g/mol. The van der Waals surface area contributed by atoms with Gasteiger partial charge in [0.1, 0.15) is 6.04 Å². The summed E-state index contributed by atoms with van der Waals surface area (Å²) < 4.78 is 7.84. The van der Waals surface area contributed by atoms with E-state index in [9.17, 15) is 4.79 Å². The number of rotatable bonds is 7. The highest BCUT2D eigenvalue weighted by Gasteiger charge is 2.21. The first-order valence-electron chi connectivity index (χ1n) is 8.56. The number of amides is 1. The van der Waals surface area contributed by atoms with E-state index < -0.39 is 6.04 Å². The average Bonchev–Trinajstić information content (AvgIpc) is 3.29. The molecule has 0 bridgehead atoms. The maximum absolute atomic E-state index is 12.7. The van der Waals surface area contributed by atoms with E-state index in [1.165, 1.54) is 0 Å². The van der Waals surface area contributed by atoms with Crippen LogP contribution in [0.2, 0.25) is 0 Å². The fourth-order valence-corrected chi connectivity index (χ4v) is 3.58. The number of carbonyl (C=O) groups excluding carboxylic acids is 1. The minimum atomic E-state index is -0.514. The van der Waals surface area contributed by atoms with Crippen molar-refractivity contribution in [1.82, 2.24) is 25.1 Å². The van der Waals surface area contributed by atoms with Gasteiger partial charge in [0, 0.05) is 18.3 Å². The van der Waals surface area contributed by atoms with E-state index in [1.807, 2.05) is 43.5 Å². The summed E-state index contributed by atoms with van der Waals surface area (Å²) in [7, 11) is 0. The molecule has 27 heavy (non-hydrogen) atoms. The zero-order valence-corrected chi connectivity index (χ0v) is 16.9. The number of hydrogen-bond donors (Lipinski definition) is 2. The van der Waals surface area contributed by atoms with Gasteiger partial charge in [0.15, 0.2) is 10.6 Å². The van der Waals surface area contributed by atoms with Gasteiger partial charge in [-0.15, -0.1) is 11.3 Å². The molecule has 0 fully saturated rings. The third-order valence-electron chi connectivity index (χ3n) is 3.86. The second-order valence-electron chi connectivity index (χ2n) is 6.23. The number of H-pyrrole nitrogens is 1. The number of pyridine rings is 1. The Labute approximate surface area is 166 Å². The number of ether oxygens (including phenoxy) is 1. The lowest BCUT2D eigenvalue weighted by molar-refractivity contribution is -0.124. The van der Waals surface area contributed by atoms with Crippen molar-refractivity contribution in [2.45, 2.75) is 39.5 Å². The van der Waals surface area contributed by atoms with Gasteiger partial charge < -0.3 is 10.1 Å². The van der Waals surface area contributed by atoms with Crippen LogP contribution in [0.15, 0.2) is 35.8 Å². The highest BCUT2D eigenvalue weighted by Crippen LogP contribution is 2.25. The van der Waals surface area contributed by atoms with E-state index in [0.717, 1.165) is 10.4 Å². The summed E-state index contributed by atoms with van der Waals surface area (Å²) in [6.07, 6.45) is 1.68. The third-order valence-corrected chi connectivity index (χ3v) is 5.02. The largest absolute Gasteiger partial charge is 0.475 e. The quantitative estimate of drug-likeness (QED) is 0.587. The topological polar surface area (TPSA) is 84.8 Å².